The van der Waals surface area contributed by atoms with Gasteiger partial charge in [0.1, 0.15) is 16.6 Å². The number of thioether (sulfide) groups is 1. The molecule has 0 spiro atoms. The van der Waals surface area contributed by atoms with Crippen LogP contribution in [0.25, 0.3) is 11.1 Å². The Bertz CT molecular complexity index is 757. The molecule has 24 heavy (non-hydrogen) atoms. The van der Waals surface area contributed by atoms with Gasteiger partial charge in [-0.05, 0) is 17.7 Å². The number of phenols is 1. The van der Waals surface area contributed by atoms with E-state index in [1.54, 1.807) is 38.7 Å². The van der Waals surface area contributed by atoms with Crippen LogP contribution in [0.1, 0.15) is 11.1 Å². The van der Waals surface area contributed by atoms with E-state index >= 15 is 0 Å². The highest BCUT2D eigenvalue weighted by molar-refractivity contribution is 7.99. The van der Waals surface area contributed by atoms with Crippen molar-refractivity contribution in [1.82, 2.24) is 4.98 Å². The summed E-state index contributed by atoms with van der Waals surface area (Å²) in [6, 6.07) is 6.94. The molecule has 5 N–H and O–H groups in total. The van der Waals surface area contributed by atoms with E-state index in [-0.39, 0.29) is 5.75 Å². The van der Waals surface area contributed by atoms with Gasteiger partial charge in [-0.15, -0.1) is 11.8 Å². The van der Waals surface area contributed by atoms with Gasteiger partial charge in [0.2, 0.25) is 0 Å². The van der Waals surface area contributed by atoms with E-state index in [9.17, 15) is 5.11 Å². The molecule has 1 aromatic carbocycles. The lowest BCUT2D eigenvalue weighted by Gasteiger charge is -2.16. The summed E-state index contributed by atoms with van der Waals surface area (Å²) < 4.78 is 0. The second-order valence-electron chi connectivity index (χ2n) is 4.96. The first-order valence-corrected chi connectivity index (χ1v) is 8.41. The molecule has 0 atom stereocenters. The van der Waals surface area contributed by atoms with Crippen LogP contribution in [0.5, 0.6) is 5.75 Å². The van der Waals surface area contributed by atoms with E-state index in [1.807, 2.05) is 12.1 Å². The average molecular weight is 343 g/mol. The molecule has 2 rings (SSSR count). The molecule has 0 saturated carbocycles. The number of nitrogens with two attached hydrogens (primary N) is 2. The number of aromatic nitrogens is 1. The van der Waals surface area contributed by atoms with Crippen LogP contribution in [0.15, 0.2) is 39.3 Å². The third kappa shape index (κ3) is 3.93. The van der Waals surface area contributed by atoms with Crippen LogP contribution in [-0.4, -0.2) is 48.9 Å². The number of benzene rings is 1. The predicted molar refractivity (Wildman–Crippen MR) is 103 cm³/mol. The Hall–Kier alpha value is -2.38. The molecule has 0 unspecified atom stereocenters. The number of phenolic OH excluding ortho intramolecular Hbond substituents is 1. The normalized spacial score (nSPS) is 11.6. The molecular weight excluding hydrogens is 322 g/mol. The summed E-state index contributed by atoms with van der Waals surface area (Å²) >= 11 is 1.54. The third-order valence-electron chi connectivity index (χ3n) is 3.30. The van der Waals surface area contributed by atoms with Crippen LogP contribution < -0.4 is 11.5 Å². The minimum Gasteiger partial charge on any atom is -0.508 e. The highest BCUT2D eigenvalue weighted by atomic mass is 32.2. The van der Waals surface area contributed by atoms with Crippen molar-refractivity contribution >= 4 is 30.0 Å². The van der Waals surface area contributed by atoms with E-state index in [1.165, 1.54) is 11.8 Å². The van der Waals surface area contributed by atoms with Gasteiger partial charge >= 0.3 is 0 Å². The Morgan fingerprint density at radius 1 is 1.12 bits per heavy atom. The van der Waals surface area contributed by atoms with Crippen LogP contribution in [0, 0.1) is 0 Å². The topological polar surface area (TPSA) is 110 Å². The average Bonchev–Trinajstić information content (AvgIpc) is 2.58. The van der Waals surface area contributed by atoms with Gasteiger partial charge in [-0.3, -0.25) is 9.98 Å². The Kier molecular flexibility index (Phi) is 6.34. The lowest BCUT2D eigenvalue weighted by molar-refractivity contribution is 0.475. The number of rotatable bonds is 6. The van der Waals surface area contributed by atoms with Crippen molar-refractivity contribution in [2.45, 2.75) is 5.03 Å². The Morgan fingerprint density at radius 3 is 2.33 bits per heavy atom. The molecule has 0 aliphatic heterocycles. The van der Waals surface area contributed by atoms with E-state index in [0.29, 0.717) is 12.4 Å². The third-order valence-corrected chi connectivity index (χ3v) is 4.32. The van der Waals surface area contributed by atoms with Crippen molar-refractivity contribution in [2.75, 3.05) is 32.1 Å². The number of hydrogen-bond acceptors (Lipinski definition) is 7. The summed E-state index contributed by atoms with van der Waals surface area (Å²) in [5, 5.41) is 10.3. The van der Waals surface area contributed by atoms with Gasteiger partial charge < -0.3 is 16.6 Å². The summed E-state index contributed by atoms with van der Waals surface area (Å²) in [7, 11) is 3.40. The maximum absolute atomic E-state index is 9.57. The fourth-order valence-electron chi connectivity index (χ4n) is 2.32. The number of aliphatic imine (C=N–C) groups is 2. The van der Waals surface area contributed by atoms with E-state index in [4.69, 9.17) is 11.5 Å². The molecule has 0 aliphatic rings. The van der Waals surface area contributed by atoms with Crippen LogP contribution in [0.4, 0.5) is 5.82 Å². The van der Waals surface area contributed by atoms with Crippen LogP contribution in [0.2, 0.25) is 0 Å². The zero-order valence-corrected chi connectivity index (χ0v) is 14.5. The van der Waals surface area contributed by atoms with E-state index in [2.05, 4.69) is 15.0 Å². The fourth-order valence-corrected chi connectivity index (χ4v) is 3.11. The summed E-state index contributed by atoms with van der Waals surface area (Å²) in [6.45, 7) is 0.543. The predicted octanol–water partition coefficient (Wildman–Crippen LogP) is 2.18. The van der Waals surface area contributed by atoms with Gasteiger partial charge in [-0.2, -0.15) is 0 Å². The Labute approximate surface area is 145 Å². The monoisotopic (exact) mass is 343 g/mol. The van der Waals surface area contributed by atoms with Crippen molar-refractivity contribution in [1.29, 1.82) is 0 Å². The highest BCUT2D eigenvalue weighted by Gasteiger charge is 2.18. The van der Waals surface area contributed by atoms with Gasteiger partial charge in [-0.25, -0.2) is 4.98 Å². The molecule has 0 aliphatic carbocycles. The molecule has 1 heterocycles. The van der Waals surface area contributed by atoms with Gasteiger partial charge in [0.15, 0.2) is 0 Å². The standard InChI is InChI=1S/C17H21N5OS/c1-20-9-13-15(11-3-5-12(23)6-4-11)14(10-21-2)17(22-16(13)19)24-8-7-18/h3-6,9-10,23H,7-8,18H2,1-2H3,(H2,19,22). The number of anilines is 1. The van der Waals surface area contributed by atoms with Crippen molar-refractivity contribution in [3.63, 3.8) is 0 Å². The first-order valence-electron chi connectivity index (χ1n) is 7.42. The second kappa shape index (κ2) is 8.47. The Balaban J connectivity index is 2.78. The van der Waals surface area contributed by atoms with Crippen LogP contribution in [-0.2, 0) is 0 Å². The van der Waals surface area contributed by atoms with Gasteiger partial charge in [0.25, 0.3) is 0 Å². The van der Waals surface area contributed by atoms with E-state index in [0.717, 1.165) is 33.0 Å². The van der Waals surface area contributed by atoms with E-state index < -0.39 is 0 Å². The Morgan fingerprint density at radius 2 is 1.75 bits per heavy atom. The first kappa shape index (κ1) is 18.0. The lowest BCUT2D eigenvalue weighted by atomic mass is 9.96. The van der Waals surface area contributed by atoms with Crippen molar-refractivity contribution in [3.05, 3.63) is 35.4 Å². The fraction of sp³-hybridized carbons (Fsp3) is 0.235. The molecule has 0 radical (unpaired) electrons. The number of pyridine rings is 1. The molecule has 126 valence electrons. The molecule has 6 nitrogen and oxygen atoms in total. The minimum atomic E-state index is 0.204. The smallest absolute Gasteiger partial charge is 0.134 e. The highest BCUT2D eigenvalue weighted by Crippen LogP contribution is 2.35. The molecule has 0 fully saturated rings. The van der Waals surface area contributed by atoms with Crippen molar-refractivity contribution < 1.29 is 5.11 Å². The number of nitrogen functional groups attached to an aromatic ring is 1. The number of nitrogens with zero attached hydrogens (tertiary/aromatic N) is 3. The molecule has 1 aromatic heterocycles. The molecular formula is C17H21N5OS. The van der Waals surface area contributed by atoms with Crippen LogP contribution in [0.3, 0.4) is 0 Å². The maximum atomic E-state index is 9.57. The summed E-state index contributed by atoms with van der Waals surface area (Å²) in [6.07, 6.45) is 3.45. The van der Waals surface area contributed by atoms with Gasteiger partial charge in [0.05, 0.1) is 0 Å². The van der Waals surface area contributed by atoms with Crippen LogP contribution >= 0.6 is 11.8 Å². The zero-order valence-electron chi connectivity index (χ0n) is 13.7. The number of aromatic hydroxyl groups is 1. The quantitative estimate of drug-likeness (QED) is 0.550. The zero-order chi connectivity index (χ0) is 17.5. The molecule has 0 saturated heterocycles. The maximum Gasteiger partial charge on any atom is 0.134 e. The first-order chi connectivity index (χ1) is 11.6. The summed E-state index contributed by atoms with van der Waals surface area (Å²) in [5.74, 6) is 1.33. The largest absolute Gasteiger partial charge is 0.508 e. The van der Waals surface area contributed by atoms with Crippen molar-refractivity contribution in [2.24, 2.45) is 15.7 Å². The lowest BCUT2D eigenvalue weighted by Crippen LogP contribution is -2.08. The molecule has 7 heteroatoms. The van der Waals surface area contributed by atoms with Gasteiger partial charge in [-0.1, -0.05) is 12.1 Å². The SMILES string of the molecule is CN=Cc1c(N)nc(SCCN)c(C=NC)c1-c1ccc(O)cc1. The molecule has 0 bridgehead atoms. The minimum absolute atomic E-state index is 0.204. The molecule has 2 aromatic rings. The summed E-state index contributed by atoms with van der Waals surface area (Å²) in [5.41, 5.74) is 15.2. The molecule has 0 amide bonds. The number of hydrogen-bond donors (Lipinski definition) is 3. The van der Waals surface area contributed by atoms with Crippen molar-refractivity contribution in [3.8, 4) is 16.9 Å². The summed E-state index contributed by atoms with van der Waals surface area (Å²) in [4.78, 5) is 12.8. The van der Waals surface area contributed by atoms with Gasteiger partial charge in [0, 0.05) is 55.5 Å². The second-order valence-corrected chi connectivity index (χ2v) is 6.05.